The molecule has 0 spiro atoms. The van der Waals surface area contributed by atoms with Crippen molar-refractivity contribution < 1.29 is 14.5 Å². The van der Waals surface area contributed by atoms with E-state index >= 15 is 0 Å². The molecule has 1 aromatic heterocycles. The van der Waals surface area contributed by atoms with Crippen LogP contribution in [0.3, 0.4) is 0 Å². The van der Waals surface area contributed by atoms with Crippen LogP contribution in [-0.2, 0) is 0 Å². The summed E-state index contributed by atoms with van der Waals surface area (Å²) in [6.07, 6.45) is 1.54. The summed E-state index contributed by atoms with van der Waals surface area (Å²) >= 11 is 0. The molecule has 3 amide bonds. The highest BCUT2D eigenvalue weighted by Crippen LogP contribution is 2.18. The van der Waals surface area contributed by atoms with Gasteiger partial charge in [-0.2, -0.15) is 0 Å². The minimum absolute atomic E-state index is 0.152. The quantitative estimate of drug-likeness (QED) is 0.431. The second-order valence-corrected chi connectivity index (χ2v) is 5.09. The minimum atomic E-state index is -0.728. The minimum Gasteiger partial charge on any atom is -0.360 e. The Bertz CT molecular complexity index is 966. The summed E-state index contributed by atoms with van der Waals surface area (Å²) in [6, 6.07) is 12.0. The molecule has 0 saturated carbocycles. The number of hydrogen-bond donors (Lipinski definition) is 4. The zero-order valence-electron chi connectivity index (χ0n) is 12.8. The fourth-order valence-electron chi connectivity index (χ4n) is 2.30. The molecule has 1 heterocycles. The molecule has 0 aliphatic heterocycles. The third-order valence-electron chi connectivity index (χ3n) is 3.44. The van der Waals surface area contributed by atoms with Crippen molar-refractivity contribution in [2.24, 2.45) is 0 Å². The third-order valence-corrected chi connectivity index (χ3v) is 3.44. The Hall–Kier alpha value is -3.88. The number of aromatic amines is 1. The van der Waals surface area contributed by atoms with Crippen molar-refractivity contribution in [1.29, 1.82) is 0 Å². The topological polar surface area (TPSA) is 129 Å². The van der Waals surface area contributed by atoms with E-state index in [4.69, 9.17) is 0 Å². The van der Waals surface area contributed by atoms with Crippen molar-refractivity contribution in [2.45, 2.75) is 0 Å². The van der Waals surface area contributed by atoms with Gasteiger partial charge in [-0.3, -0.25) is 20.3 Å². The van der Waals surface area contributed by atoms with Gasteiger partial charge in [-0.05, 0) is 12.1 Å². The van der Waals surface area contributed by atoms with E-state index in [0.717, 1.165) is 10.9 Å². The van der Waals surface area contributed by atoms with E-state index < -0.39 is 16.9 Å². The zero-order chi connectivity index (χ0) is 17.8. The molecular weight excluding hydrogens is 326 g/mol. The summed E-state index contributed by atoms with van der Waals surface area (Å²) in [7, 11) is 0. The van der Waals surface area contributed by atoms with E-state index in [1.165, 1.54) is 24.3 Å². The second kappa shape index (κ2) is 6.71. The van der Waals surface area contributed by atoms with E-state index in [-0.39, 0.29) is 11.4 Å². The maximum Gasteiger partial charge on any atom is 0.337 e. The average Bonchev–Trinajstić information content (AvgIpc) is 3.04. The van der Waals surface area contributed by atoms with E-state index in [2.05, 4.69) is 21.2 Å². The first-order valence-electron chi connectivity index (χ1n) is 7.22. The van der Waals surface area contributed by atoms with Gasteiger partial charge in [-0.1, -0.05) is 24.3 Å². The number of non-ortho nitro benzene ring substituents is 1. The Morgan fingerprint density at radius 2 is 1.84 bits per heavy atom. The van der Waals surface area contributed by atoms with Crippen LogP contribution >= 0.6 is 0 Å². The molecule has 0 saturated heterocycles. The Morgan fingerprint density at radius 3 is 2.64 bits per heavy atom. The Morgan fingerprint density at radius 1 is 1.04 bits per heavy atom. The summed E-state index contributed by atoms with van der Waals surface area (Å²) in [5.74, 6) is -0.494. The molecule has 0 fully saturated rings. The lowest BCUT2D eigenvalue weighted by atomic mass is 10.2. The molecule has 2 aromatic carbocycles. The number of para-hydroxylation sites is 1. The van der Waals surface area contributed by atoms with E-state index in [1.54, 1.807) is 18.3 Å². The Labute approximate surface area is 141 Å². The van der Waals surface area contributed by atoms with Gasteiger partial charge >= 0.3 is 6.03 Å². The molecule has 0 bridgehead atoms. The lowest BCUT2D eigenvalue weighted by Gasteiger charge is -2.08. The van der Waals surface area contributed by atoms with Crippen LogP contribution in [0.15, 0.2) is 54.7 Å². The number of carbonyl (C=O) groups excluding carboxylic acids is 2. The first-order chi connectivity index (χ1) is 12.0. The number of nitro groups is 1. The number of anilines is 1. The number of aromatic nitrogens is 1. The molecule has 0 aliphatic rings. The van der Waals surface area contributed by atoms with Crippen LogP contribution in [0.4, 0.5) is 16.2 Å². The maximum atomic E-state index is 12.2. The predicted molar refractivity (Wildman–Crippen MR) is 91.0 cm³/mol. The summed E-state index contributed by atoms with van der Waals surface area (Å²) in [5.41, 5.74) is 5.74. The van der Waals surface area contributed by atoms with Crippen LogP contribution < -0.4 is 16.2 Å². The number of hydrazine groups is 1. The SMILES string of the molecule is O=C(NNC(=O)c1c[nH]c2ccccc12)Nc1cccc([N+](=O)[O-])c1. The van der Waals surface area contributed by atoms with E-state index in [1.807, 2.05) is 12.1 Å². The van der Waals surface area contributed by atoms with Crippen molar-refractivity contribution in [3.63, 3.8) is 0 Å². The van der Waals surface area contributed by atoms with Crippen LogP contribution in [0, 0.1) is 10.1 Å². The molecule has 0 radical (unpaired) electrons. The molecule has 4 N–H and O–H groups in total. The number of nitro benzene ring substituents is 1. The Balaban J connectivity index is 1.61. The second-order valence-electron chi connectivity index (χ2n) is 5.09. The lowest BCUT2D eigenvalue weighted by Crippen LogP contribution is -2.43. The molecule has 9 heteroatoms. The Kier molecular flexibility index (Phi) is 4.29. The highest BCUT2D eigenvalue weighted by Gasteiger charge is 2.13. The molecule has 0 atom stereocenters. The van der Waals surface area contributed by atoms with Gasteiger partial charge in [0.15, 0.2) is 0 Å². The highest BCUT2D eigenvalue weighted by molar-refractivity contribution is 6.07. The van der Waals surface area contributed by atoms with Gasteiger partial charge in [-0.15, -0.1) is 0 Å². The van der Waals surface area contributed by atoms with Crippen molar-refractivity contribution in [2.75, 3.05) is 5.32 Å². The molecule has 25 heavy (non-hydrogen) atoms. The number of nitrogens with zero attached hydrogens (tertiary/aromatic N) is 1. The van der Waals surface area contributed by atoms with Crippen LogP contribution in [-0.4, -0.2) is 21.8 Å². The van der Waals surface area contributed by atoms with Crippen LogP contribution in [0.25, 0.3) is 10.9 Å². The normalized spacial score (nSPS) is 10.2. The number of nitrogens with one attached hydrogen (secondary N) is 4. The third kappa shape index (κ3) is 3.55. The molecule has 3 aromatic rings. The number of benzene rings is 2. The summed E-state index contributed by atoms with van der Waals surface area (Å²) in [6.45, 7) is 0. The molecular formula is C16H13N5O4. The molecule has 0 unspecified atom stereocenters. The van der Waals surface area contributed by atoms with Gasteiger partial charge in [0, 0.05) is 34.9 Å². The number of rotatable bonds is 3. The fourth-order valence-corrected chi connectivity index (χ4v) is 2.30. The van der Waals surface area contributed by atoms with Gasteiger partial charge in [0.05, 0.1) is 10.5 Å². The van der Waals surface area contributed by atoms with Crippen molar-refractivity contribution in [1.82, 2.24) is 15.8 Å². The highest BCUT2D eigenvalue weighted by atomic mass is 16.6. The molecule has 3 rings (SSSR count). The van der Waals surface area contributed by atoms with Gasteiger partial charge in [0.1, 0.15) is 0 Å². The van der Waals surface area contributed by atoms with Crippen molar-refractivity contribution in [3.8, 4) is 0 Å². The molecule has 126 valence electrons. The first-order valence-corrected chi connectivity index (χ1v) is 7.22. The van der Waals surface area contributed by atoms with Gasteiger partial charge in [0.25, 0.3) is 11.6 Å². The van der Waals surface area contributed by atoms with Gasteiger partial charge in [0.2, 0.25) is 0 Å². The zero-order valence-corrected chi connectivity index (χ0v) is 12.8. The number of amides is 3. The van der Waals surface area contributed by atoms with E-state index in [9.17, 15) is 19.7 Å². The smallest absolute Gasteiger partial charge is 0.337 e. The van der Waals surface area contributed by atoms with Crippen LogP contribution in [0.1, 0.15) is 10.4 Å². The number of H-pyrrole nitrogens is 1. The molecule has 0 aliphatic carbocycles. The van der Waals surface area contributed by atoms with Crippen molar-refractivity contribution in [3.05, 3.63) is 70.4 Å². The lowest BCUT2D eigenvalue weighted by molar-refractivity contribution is -0.384. The van der Waals surface area contributed by atoms with Gasteiger partial charge < -0.3 is 10.3 Å². The number of fused-ring (bicyclic) bond motifs is 1. The molecule has 9 nitrogen and oxygen atoms in total. The predicted octanol–water partition coefficient (Wildman–Crippen LogP) is 2.54. The maximum absolute atomic E-state index is 12.2. The average molecular weight is 339 g/mol. The summed E-state index contributed by atoms with van der Waals surface area (Å²) in [4.78, 5) is 37.1. The standard InChI is InChI=1S/C16H13N5O4/c22-15(13-9-17-14-7-2-1-6-12(13)14)19-20-16(23)18-10-4-3-5-11(8-10)21(24)25/h1-9,17H,(H,19,22)(H2,18,20,23). The number of hydrogen-bond acceptors (Lipinski definition) is 4. The number of urea groups is 1. The fraction of sp³-hybridized carbons (Fsp3) is 0. The van der Waals surface area contributed by atoms with E-state index in [0.29, 0.717) is 5.56 Å². The first kappa shape index (κ1) is 16.0. The summed E-state index contributed by atoms with van der Waals surface area (Å²) in [5, 5.41) is 13.8. The number of carbonyl (C=O) groups is 2. The van der Waals surface area contributed by atoms with Crippen molar-refractivity contribution >= 4 is 34.2 Å². The largest absolute Gasteiger partial charge is 0.360 e. The van der Waals surface area contributed by atoms with Crippen LogP contribution in [0.5, 0.6) is 0 Å². The summed E-state index contributed by atoms with van der Waals surface area (Å²) < 4.78 is 0. The van der Waals surface area contributed by atoms with Gasteiger partial charge in [-0.25, -0.2) is 10.2 Å². The monoisotopic (exact) mass is 339 g/mol. The van der Waals surface area contributed by atoms with Crippen LogP contribution in [0.2, 0.25) is 0 Å².